The number of anilines is 2. The third-order valence-electron chi connectivity index (χ3n) is 5.41. The topological polar surface area (TPSA) is 88.3 Å². The Kier molecular flexibility index (Phi) is 4.76. The summed E-state index contributed by atoms with van der Waals surface area (Å²) < 4.78 is 30.1. The predicted molar refractivity (Wildman–Crippen MR) is 115 cm³/mol. The molecule has 10 heteroatoms. The molecular weight excluding hydrogens is 416 g/mol. The number of carbonyl (C=O) groups excluding carboxylic acids is 1. The standard InChI is InChI=1S/C22H19F2N7O/c1-14-5-6-15(10-17(14)19-27-12-16-4-2-9-31(16)29-19)28-20(32)18-11-22(23,24)13-30(18)21-25-7-3-8-26-21/h2-10,12,18H,11,13H2,1H3,(H,28,32). The number of nitrogens with zero attached hydrogens (tertiary/aromatic N) is 6. The van der Waals surface area contributed by atoms with Gasteiger partial charge in [0.15, 0.2) is 5.82 Å². The van der Waals surface area contributed by atoms with Gasteiger partial charge in [0.05, 0.1) is 18.3 Å². The van der Waals surface area contributed by atoms with Gasteiger partial charge in [0, 0.05) is 36.3 Å². The van der Waals surface area contributed by atoms with Gasteiger partial charge in [-0.1, -0.05) is 6.07 Å². The van der Waals surface area contributed by atoms with E-state index in [1.165, 1.54) is 17.3 Å². The summed E-state index contributed by atoms with van der Waals surface area (Å²) in [7, 11) is 0. The molecule has 1 amide bonds. The van der Waals surface area contributed by atoms with Crippen LogP contribution in [-0.2, 0) is 4.79 Å². The minimum atomic E-state index is -3.01. The summed E-state index contributed by atoms with van der Waals surface area (Å²) in [5.74, 6) is -2.97. The third kappa shape index (κ3) is 3.75. The molecule has 0 bridgehead atoms. The molecule has 1 aliphatic heterocycles. The highest BCUT2D eigenvalue weighted by atomic mass is 19.3. The lowest BCUT2D eigenvalue weighted by atomic mass is 10.1. The van der Waals surface area contributed by atoms with Gasteiger partial charge in [-0.3, -0.25) is 4.79 Å². The second kappa shape index (κ2) is 7.63. The van der Waals surface area contributed by atoms with E-state index in [0.717, 1.165) is 16.6 Å². The predicted octanol–water partition coefficient (Wildman–Crippen LogP) is 3.35. The van der Waals surface area contributed by atoms with Crippen LogP contribution in [0.4, 0.5) is 20.4 Å². The van der Waals surface area contributed by atoms with Crippen molar-refractivity contribution in [1.82, 2.24) is 24.6 Å². The highest BCUT2D eigenvalue weighted by molar-refractivity contribution is 5.97. The fourth-order valence-electron chi connectivity index (χ4n) is 3.82. The highest BCUT2D eigenvalue weighted by Crippen LogP contribution is 2.34. The van der Waals surface area contributed by atoms with Gasteiger partial charge in [-0.25, -0.2) is 28.2 Å². The van der Waals surface area contributed by atoms with Gasteiger partial charge in [0.25, 0.3) is 5.92 Å². The summed E-state index contributed by atoms with van der Waals surface area (Å²) in [6.45, 7) is 1.30. The molecule has 8 nitrogen and oxygen atoms in total. The highest BCUT2D eigenvalue weighted by Gasteiger charge is 2.49. The monoisotopic (exact) mass is 435 g/mol. The summed E-state index contributed by atoms with van der Waals surface area (Å²) in [4.78, 5) is 26.7. The average Bonchev–Trinajstić information content (AvgIpc) is 3.38. The fourth-order valence-corrected chi connectivity index (χ4v) is 3.82. The number of amides is 1. The largest absolute Gasteiger partial charge is 0.324 e. The van der Waals surface area contributed by atoms with Gasteiger partial charge < -0.3 is 10.2 Å². The maximum atomic E-state index is 14.2. The Bertz CT molecular complexity index is 1290. The second-order valence-corrected chi connectivity index (χ2v) is 7.73. The van der Waals surface area contributed by atoms with Gasteiger partial charge >= 0.3 is 0 Å². The zero-order valence-electron chi connectivity index (χ0n) is 17.1. The van der Waals surface area contributed by atoms with Crippen LogP contribution in [0.2, 0.25) is 0 Å². The van der Waals surface area contributed by atoms with Crippen LogP contribution in [0.25, 0.3) is 16.9 Å². The number of aryl methyl sites for hydroxylation is 1. The number of benzene rings is 1. The molecule has 1 saturated heterocycles. The molecule has 1 aromatic carbocycles. The number of aromatic nitrogens is 5. The van der Waals surface area contributed by atoms with Crippen molar-refractivity contribution in [3.8, 4) is 11.4 Å². The van der Waals surface area contributed by atoms with Crippen molar-refractivity contribution < 1.29 is 13.6 Å². The van der Waals surface area contributed by atoms with E-state index in [0.29, 0.717) is 11.5 Å². The first kappa shape index (κ1) is 20.0. The van der Waals surface area contributed by atoms with Crippen LogP contribution in [0.1, 0.15) is 12.0 Å². The van der Waals surface area contributed by atoms with Gasteiger partial charge in [-0.2, -0.15) is 0 Å². The van der Waals surface area contributed by atoms with Crippen molar-refractivity contribution in [1.29, 1.82) is 0 Å². The van der Waals surface area contributed by atoms with Crippen molar-refractivity contribution in [2.45, 2.75) is 25.3 Å². The van der Waals surface area contributed by atoms with Crippen LogP contribution in [0.15, 0.2) is 61.2 Å². The Labute approximate surface area is 181 Å². The van der Waals surface area contributed by atoms with E-state index in [-0.39, 0.29) is 5.95 Å². The van der Waals surface area contributed by atoms with Crippen molar-refractivity contribution >= 4 is 23.1 Å². The minimum absolute atomic E-state index is 0.0999. The lowest BCUT2D eigenvalue weighted by Gasteiger charge is -2.23. The molecule has 1 atom stereocenters. The number of carbonyl (C=O) groups is 1. The number of fused-ring (bicyclic) bond motifs is 1. The van der Waals surface area contributed by atoms with Gasteiger partial charge in [0.1, 0.15) is 6.04 Å². The molecule has 1 unspecified atom stereocenters. The summed E-state index contributed by atoms with van der Waals surface area (Å²) in [6, 6.07) is 9.56. The van der Waals surface area contributed by atoms with Crippen LogP contribution < -0.4 is 10.2 Å². The summed E-state index contributed by atoms with van der Waals surface area (Å²) >= 11 is 0. The van der Waals surface area contributed by atoms with E-state index in [1.807, 2.05) is 31.3 Å². The Morgan fingerprint density at radius 3 is 2.78 bits per heavy atom. The van der Waals surface area contributed by atoms with Crippen LogP contribution >= 0.6 is 0 Å². The van der Waals surface area contributed by atoms with Crippen LogP contribution in [0.5, 0.6) is 0 Å². The second-order valence-electron chi connectivity index (χ2n) is 7.73. The first-order chi connectivity index (χ1) is 15.4. The quantitative estimate of drug-likeness (QED) is 0.529. The number of hydrogen-bond acceptors (Lipinski definition) is 6. The number of hydrogen-bond donors (Lipinski definition) is 1. The van der Waals surface area contributed by atoms with E-state index in [9.17, 15) is 13.6 Å². The molecule has 0 spiro atoms. The molecule has 1 N–H and O–H groups in total. The lowest BCUT2D eigenvalue weighted by Crippen LogP contribution is -2.40. The molecule has 0 radical (unpaired) electrons. The number of halogens is 2. The molecule has 0 aliphatic carbocycles. The van der Waals surface area contributed by atoms with Gasteiger partial charge in [-0.15, -0.1) is 5.10 Å². The zero-order chi connectivity index (χ0) is 22.3. The Morgan fingerprint density at radius 1 is 1.16 bits per heavy atom. The van der Waals surface area contributed by atoms with E-state index < -0.39 is 30.8 Å². The Morgan fingerprint density at radius 2 is 1.97 bits per heavy atom. The van der Waals surface area contributed by atoms with Crippen molar-refractivity contribution in [2.24, 2.45) is 0 Å². The normalized spacial score (nSPS) is 17.6. The first-order valence-corrected chi connectivity index (χ1v) is 10.0. The summed E-state index contributed by atoms with van der Waals surface area (Å²) in [5, 5.41) is 7.26. The Balaban J connectivity index is 1.42. The number of alkyl halides is 2. The SMILES string of the molecule is Cc1ccc(NC(=O)C2CC(F)(F)CN2c2ncccn2)cc1-c1ncc2cccn2n1. The molecule has 1 fully saturated rings. The molecule has 4 aromatic rings. The smallest absolute Gasteiger partial charge is 0.267 e. The number of nitrogens with one attached hydrogen (secondary N) is 1. The summed E-state index contributed by atoms with van der Waals surface area (Å²) in [6.07, 6.45) is 5.85. The van der Waals surface area contributed by atoms with Crippen molar-refractivity contribution in [3.05, 3.63) is 66.7 Å². The lowest BCUT2D eigenvalue weighted by molar-refractivity contribution is -0.118. The molecule has 162 valence electrons. The molecular formula is C22H19F2N7O. The molecule has 32 heavy (non-hydrogen) atoms. The van der Waals surface area contributed by atoms with Crippen molar-refractivity contribution in [2.75, 3.05) is 16.8 Å². The van der Waals surface area contributed by atoms with Gasteiger partial charge in [0.2, 0.25) is 11.9 Å². The van der Waals surface area contributed by atoms with Crippen molar-refractivity contribution in [3.63, 3.8) is 0 Å². The molecule has 1 aliphatic rings. The van der Waals surface area contributed by atoms with E-state index in [4.69, 9.17) is 0 Å². The molecule has 0 saturated carbocycles. The maximum Gasteiger partial charge on any atom is 0.267 e. The van der Waals surface area contributed by atoms with E-state index in [2.05, 4.69) is 25.4 Å². The first-order valence-electron chi connectivity index (χ1n) is 10.0. The Hall–Kier alpha value is -3.95. The molecule has 5 rings (SSSR count). The molecule has 3 aromatic heterocycles. The average molecular weight is 435 g/mol. The zero-order valence-corrected chi connectivity index (χ0v) is 17.1. The van der Waals surface area contributed by atoms with Crippen LogP contribution in [0.3, 0.4) is 0 Å². The van der Waals surface area contributed by atoms with Gasteiger partial charge in [-0.05, 0) is 42.8 Å². The summed E-state index contributed by atoms with van der Waals surface area (Å²) in [5.41, 5.74) is 2.98. The van der Waals surface area contributed by atoms with Crippen LogP contribution in [0, 0.1) is 6.92 Å². The number of rotatable bonds is 4. The fraction of sp³-hybridized carbons (Fsp3) is 0.227. The third-order valence-corrected chi connectivity index (χ3v) is 5.41. The van der Waals surface area contributed by atoms with Crippen LogP contribution in [-0.4, -0.2) is 49.0 Å². The van der Waals surface area contributed by atoms with E-state index in [1.54, 1.807) is 28.9 Å². The van der Waals surface area contributed by atoms with E-state index >= 15 is 0 Å². The molecule has 4 heterocycles. The maximum absolute atomic E-state index is 14.2. The minimum Gasteiger partial charge on any atom is -0.324 e.